The van der Waals surface area contributed by atoms with E-state index >= 15 is 0 Å². The number of aliphatic carboxylic acids is 1. The maximum absolute atomic E-state index is 13.5. The van der Waals surface area contributed by atoms with Crippen molar-refractivity contribution in [1.29, 1.82) is 0 Å². The molecular formula is C30H48O3. The highest BCUT2D eigenvalue weighted by Crippen LogP contribution is 2.75. The zero-order valence-corrected chi connectivity index (χ0v) is 22.3. The summed E-state index contributed by atoms with van der Waals surface area (Å²) in [6.45, 7) is 16.6. The lowest BCUT2D eigenvalue weighted by molar-refractivity contribution is -0.213. The van der Waals surface area contributed by atoms with Gasteiger partial charge in [0.25, 0.3) is 0 Å². The number of hydrogen-bond acceptors (Lipinski definition) is 2. The molecule has 3 heteroatoms. The number of hydrogen-bond donors (Lipinski definition) is 2. The van der Waals surface area contributed by atoms with Crippen LogP contribution in [0.1, 0.15) is 113 Å². The predicted octanol–water partition coefficient (Wildman–Crippen LogP) is 7.23. The molecule has 4 fully saturated rings. The van der Waals surface area contributed by atoms with E-state index in [1.54, 1.807) is 0 Å². The van der Waals surface area contributed by atoms with Crippen LogP contribution < -0.4 is 0 Å². The van der Waals surface area contributed by atoms with Crippen molar-refractivity contribution in [2.45, 2.75) is 119 Å². The predicted molar refractivity (Wildman–Crippen MR) is 133 cm³/mol. The van der Waals surface area contributed by atoms with Crippen molar-refractivity contribution in [2.75, 3.05) is 0 Å². The average molecular weight is 457 g/mol. The van der Waals surface area contributed by atoms with E-state index in [0.717, 1.165) is 51.4 Å². The van der Waals surface area contributed by atoms with Crippen molar-refractivity contribution in [2.24, 2.45) is 50.2 Å². The first-order chi connectivity index (χ1) is 15.1. The molecule has 0 bridgehead atoms. The lowest BCUT2D eigenvalue weighted by Crippen LogP contribution is -2.66. The molecule has 186 valence electrons. The molecule has 5 rings (SSSR count). The molecular weight excluding hydrogens is 408 g/mol. The Balaban J connectivity index is 1.64. The van der Waals surface area contributed by atoms with E-state index < -0.39 is 11.4 Å². The third-order valence-electron chi connectivity index (χ3n) is 12.9. The van der Waals surface area contributed by atoms with Crippen LogP contribution >= 0.6 is 0 Å². The van der Waals surface area contributed by atoms with Crippen molar-refractivity contribution >= 4 is 5.97 Å². The van der Waals surface area contributed by atoms with Crippen molar-refractivity contribution in [3.05, 3.63) is 11.6 Å². The summed E-state index contributed by atoms with van der Waals surface area (Å²) in [5.74, 6) is 0.675. The smallest absolute Gasteiger partial charge is 0.314 e. The lowest BCUT2D eigenvalue weighted by atomic mass is 9.33. The average Bonchev–Trinajstić information content (AvgIpc) is 2.71. The summed E-state index contributed by atoms with van der Waals surface area (Å²) in [5, 5.41) is 22.0. The van der Waals surface area contributed by atoms with Crippen molar-refractivity contribution in [1.82, 2.24) is 0 Å². The molecule has 0 spiro atoms. The van der Waals surface area contributed by atoms with Gasteiger partial charge in [0, 0.05) is 0 Å². The molecule has 0 aromatic heterocycles. The van der Waals surface area contributed by atoms with Crippen LogP contribution in [0.15, 0.2) is 11.6 Å². The summed E-state index contributed by atoms with van der Waals surface area (Å²) in [5.41, 5.74) is 0.906. The topological polar surface area (TPSA) is 57.5 Å². The minimum absolute atomic E-state index is 0.0901. The van der Waals surface area contributed by atoms with E-state index in [1.807, 2.05) is 0 Å². The summed E-state index contributed by atoms with van der Waals surface area (Å²) < 4.78 is 0. The second kappa shape index (κ2) is 6.89. The monoisotopic (exact) mass is 456 g/mol. The molecule has 0 radical (unpaired) electrons. The molecule has 0 aromatic rings. The highest BCUT2D eigenvalue weighted by molar-refractivity contribution is 5.81. The lowest BCUT2D eigenvalue weighted by Gasteiger charge is -2.70. The molecule has 0 amide bonds. The van der Waals surface area contributed by atoms with E-state index in [2.05, 4.69) is 54.5 Å². The van der Waals surface area contributed by atoms with Gasteiger partial charge in [0.1, 0.15) is 0 Å². The molecule has 0 heterocycles. The maximum atomic E-state index is 13.5. The number of aliphatic hydroxyl groups is 1. The summed E-state index contributed by atoms with van der Waals surface area (Å²) in [6.07, 6.45) is 12.6. The highest BCUT2D eigenvalue weighted by Gasteiger charge is 2.71. The first kappa shape index (κ1) is 23.9. The quantitative estimate of drug-likeness (QED) is 0.409. The molecule has 3 unspecified atom stereocenters. The Morgan fingerprint density at radius 1 is 0.879 bits per heavy atom. The number of aliphatic hydroxyl groups excluding tert-OH is 1. The van der Waals surface area contributed by atoms with Gasteiger partial charge in [-0.15, -0.1) is 0 Å². The van der Waals surface area contributed by atoms with Gasteiger partial charge >= 0.3 is 5.97 Å². The SMILES string of the molecule is CC1(C)CC[C@]2(C)CC[C@]3(C(=O)O)C(=CCC4[C@@]5(C)CC[C@@H](O)C(C)(C)C5CC[C@]43C)C2C1. The molecule has 5 aliphatic carbocycles. The Bertz CT molecular complexity index is 885. The number of carboxylic acids is 1. The largest absolute Gasteiger partial charge is 0.481 e. The number of allylic oxidation sites excluding steroid dienone is 1. The Morgan fingerprint density at radius 2 is 1.55 bits per heavy atom. The number of fused-ring (bicyclic) bond motifs is 7. The fourth-order valence-corrected chi connectivity index (χ4v) is 10.6. The molecule has 0 aromatic carbocycles. The van der Waals surface area contributed by atoms with Gasteiger partial charge in [-0.05, 0) is 109 Å². The Kier molecular flexibility index (Phi) is 4.99. The van der Waals surface area contributed by atoms with E-state index in [-0.39, 0.29) is 33.2 Å². The molecule has 5 aliphatic rings. The van der Waals surface area contributed by atoms with Crippen LogP contribution in [0.5, 0.6) is 0 Å². The van der Waals surface area contributed by atoms with Crippen LogP contribution in [-0.2, 0) is 4.79 Å². The summed E-state index contributed by atoms with van der Waals surface area (Å²) >= 11 is 0. The molecule has 0 saturated heterocycles. The minimum atomic E-state index is -0.721. The zero-order valence-electron chi connectivity index (χ0n) is 22.3. The third kappa shape index (κ3) is 2.87. The van der Waals surface area contributed by atoms with Gasteiger partial charge in [0.05, 0.1) is 11.5 Å². The summed E-state index contributed by atoms with van der Waals surface area (Å²) in [7, 11) is 0. The van der Waals surface area contributed by atoms with Gasteiger partial charge in [-0.2, -0.15) is 0 Å². The fraction of sp³-hybridized carbons (Fsp3) is 0.900. The van der Waals surface area contributed by atoms with Gasteiger partial charge in [-0.3, -0.25) is 4.79 Å². The van der Waals surface area contributed by atoms with Crippen LogP contribution in [0.2, 0.25) is 0 Å². The highest BCUT2D eigenvalue weighted by atomic mass is 16.4. The van der Waals surface area contributed by atoms with Crippen LogP contribution in [0.3, 0.4) is 0 Å². The Labute approximate surface area is 201 Å². The van der Waals surface area contributed by atoms with Gasteiger partial charge in [0.15, 0.2) is 0 Å². The second-order valence-electron chi connectivity index (χ2n) is 15.1. The Hall–Kier alpha value is -0.830. The van der Waals surface area contributed by atoms with Crippen molar-refractivity contribution in [3.8, 4) is 0 Å². The number of carbonyl (C=O) groups is 1. The first-order valence-corrected chi connectivity index (χ1v) is 13.8. The first-order valence-electron chi connectivity index (χ1n) is 13.8. The summed E-state index contributed by atoms with van der Waals surface area (Å²) in [6, 6.07) is 0. The van der Waals surface area contributed by atoms with Crippen LogP contribution in [0.4, 0.5) is 0 Å². The molecule has 3 nitrogen and oxygen atoms in total. The standard InChI is InChI=1S/C30H48O3/c1-25(2)14-15-27(5)16-17-30(24(32)33)19(20(27)18-25)8-9-22-28(6)12-11-23(31)26(3,4)21(28)10-13-29(22,30)7/h8,20-23,31H,9-18H2,1-7H3,(H,32,33)/t20?,21?,22?,23-,27-,28+,29-,30-/m1/s1. The molecule has 33 heavy (non-hydrogen) atoms. The normalized spacial score (nSPS) is 52.4. The molecule has 2 N–H and O–H groups in total. The maximum Gasteiger partial charge on any atom is 0.314 e. The van der Waals surface area contributed by atoms with Gasteiger partial charge in [-0.1, -0.05) is 60.1 Å². The Morgan fingerprint density at radius 3 is 2.21 bits per heavy atom. The number of carboxylic acid groups (broad SMARTS) is 1. The van der Waals surface area contributed by atoms with Crippen LogP contribution in [0, 0.1) is 50.2 Å². The molecule has 4 saturated carbocycles. The van der Waals surface area contributed by atoms with Crippen LogP contribution in [0.25, 0.3) is 0 Å². The van der Waals surface area contributed by atoms with Crippen LogP contribution in [-0.4, -0.2) is 22.3 Å². The third-order valence-corrected chi connectivity index (χ3v) is 12.9. The van der Waals surface area contributed by atoms with Gasteiger partial charge < -0.3 is 10.2 Å². The van der Waals surface area contributed by atoms with Crippen molar-refractivity contribution < 1.29 is 15.0 Å². The van der Waals surface area contributed by atoms with Gasteiger partial charge in [0.2, 0.25) is 0 Å². The van der Waals surface area contributed by atoms with E-state index in [1.165, 1.54) is 18.4 Å². The molecule has 8 atom stereocenters. The second-order valence-corrected chi connectivity index (χ2v) is 15.1. The van der Waals surface area contributed by atoms with Gasteiger partial charge in [-0.25, -0.2) is 0 Å². The van der Waals surface area contributed by atoms with Crippen molar-refractivity contribution in [3.63, 3.8) is 0 Å². The minimum Gasteiger partial charge on any atom is -0.481 e. The number of rotatable bonds is 1. The molecule has 0 aliphatic heterocycles. The van der Waals surface area contributed by atoms with E-state index in [4.69, 9.17) is 0 Å². The van der Waals surface area contributed by atoms with E-state index in [9.17, 15) is 15.0 Å². The summed E-state index contributed by atoms with van der Waals surface area (Å²) in [4.78, 5) is 13.5. The zero-order chi connectivity index (χ0) is 24.2. The van der Waals surface area contributed by atoms with E-state index in [0.29, 0.717) is 17.8 Å². The fourth-order valence-electron chi connectivity index (χ4n) is 10.6.